The van der Waals surface area contributed by atoms with Crippen LogP contribution in [0.3, 0.4) is 0 Å². The molecule has 0 bridgehead atoms. The Balaban J connectivity index is 2.07. The second-order valence-corrected chi connectivity index (χ2v) is 6.32. The molecule has 0 amide bonds. The highest BCUT2D eigenvalue weighted by Gasteiger charge is 2.41. The summed E-state index contributed by atoms with van der Waals surface area (Å²) in [5.41, 5.74) is 1.03. The minimum Gasteiger partial charge on any atom is -0.361 e. The quantitative estimate of drug-likeness (QED) is 0.810. The van der Waals surface area contributed by atoms with Gasteiger partial charge in [-0.2, -0.15) is 0 Å². The zero-order chi connectivity index (χ0) is 14.5. The first-order valence-corrected chi connectivity index (χ1v) is 6.69. The second kappa shape index (κ2) is 4.27. The zero-order valence-electron chi connectivity index (χ0n) is 11.5. The predicted octanol–water partition coefficient (Wildman–Crippen LogP) is 3.35. The summed E-state index contributed by atoms with van der Waals surface area (Å²) in [6, 6.07) is 4.35. The van der Waals surface area contributed by atoms with Gasteiger partial charge in [0.25, 0.3) is 0 Å². The van der Waals surface area contributed by atoms with Crippen LogP contribution in [-0.4, -0.2) is 16.6 Å². The molecule has 3 nitrogen and oxygen atoms in total. The van der Waals surface area contributed by atoms with E-state index in [1.165, 1.54) is 12.1 Å². The number of benzene rings is 1. The lowest BCUT2D eigenvalue weighted by molar-refractivity contribution is -0.135. The average molecular weight is 273 g/mol. The molecule has 1 N–H and O–H groups in total. The largest absolute Gasteiger partial charge is 0.361 e. The molecule has 104 valence electrons. The number of fused-ring (bicyclic) bond motifs is 1. The number of Topliss-reactive ketones (excluding diaryl/α,β-unsaturated/α-hetero) is 2. The summed E-state index contributed by atoms with van der Waals surface area (Å²) in [6.07, 6.45) is 2.46. The first kappa shape index (κ1) is 13.0. The van der Waals surface area contributed by atoms with E-state index >= 15 is 0 Å². The Labute approximate surface area is 116 Å². The summed E-state index contributed by atoms with van der Waals surface area (Å²) in [4.78, 5) is 27.6. The molecular formula is C16H16FNO2. The first-order chi connectivity index (χ1) is 9.37. The molecule has 0 spiro atoms. The van der Waals surface area contributed by atoms with E-state index in [0.29, 0.717) is 23.9 Å². The summed E-state index contributed by atoms with van der Waals surface area (Å²) in [5, 5.41) is 0.748. The van der Waals surface area contributed by atoms with Crippen molar-refractivity contribution in [2.24, 2.45) is 5.41 Å². The number of hydrogen-bond donors (Lipinski definition) is 1. The Morgan fingerprint density at radius 2 is 1.85 bits per heavy atom. The number of carbonyl (C=O) groups excluding carboxylic acids is 2. The van der Waals surface area contributed by atoms with Crippen molar-refractivity contribution in [1.29, 1.82) is 0 Å². The van der Waals surface area contributed by atoms with E-state index in [0.717, 1.165) is 5.39 Å². The van der Waals surface area contributed by atoms with E-state index < -0.39 is 5.92 Å². The number of aromatic nitrogens is 1. The van der Waals surface area contributed by atoms with Gasteiger partial charge in [0.1, 0.15) is 23.3 Å². The molecule has 1 fully saturated rings. The lowest BCUT2D eigenvalue weighted by atomic mass is 9.69. The Morgan fingerprint density at radius 3 is 2.50 bits per heavy atom. The molecule has 0 atom stereocenters. The Bertz CT molecular complexity index is 694. The molecular weight excluding hydrogens is 257 g/mol. The summed E-state index contributed by atoms with van der Waals surface area (Å²) in [7, 11) is 0. The number of H-pyrrole nitrogens is 1. The van der Waals surface area contributed by atoms with Crippen LogP contribution in [0.25, 0.3) is 10.9 Å². The Hall–Kier alpha value is -1.97. The van der Waals surface area contributed by atoms with Gasteiger partial charge in [0.15, 0.2) is 0 Å². The molecule has 2 aromatic rings. The van der Waals surface area contributed by atoms with E-state index in [1.54, 1.807) is 12.3 Å². The molecule has 1 saturated carbocycles. The third kappa shape index (κ3) is 2.05. The molecule has 1 aromatic carbocycles. The third-order valence-corrected chi connectivity index (χ3v) is 3.94. The normalized spacial score (nSPS) is 19.8. The highest BCUT2D eigenvalue weighted by atomic mass is 19.1. The van der Waals surface area contributed by atoms with Gasteiger partial charge in [0.2, 0.25) is 0 Å². The number of rotatable bonds is 1. The summed E-state index contributed by atoms with van der Waals surface area (Å²) >= 11 is 0. The topological polar surface area (TPSA) is 49.9 Å². The van der Waals surface area contributed by atoms with Crippen LogP contribution in [0.15, 0.2) is 24.4 Å². The smallest absolute Gasteiger partial charge is 0.148 e. The highest BCUT2D eigenvalue weighted by molar-refractivity contribution is 6.12. The Kier molecular flexibility index (Phi) is 2.78. The van der Waals surface area contributed by atoms with Crippen LogP contribution in [-0.2, 0) is 9.59 Å². The molecule has 1 heterocycles. The molecule has 0 saturated heterocycles. The zero-order valence-corrected chi connectivity index (χ0v) is 11.5. The minimum absolute atomic E-state index is 0.0449. The lowest BCUT2D eigenvalue weighted by Gasteiger charge is -2.31. The van der Waals surface area contributed by atoms with Gasteiger partial charge in [-0.1, -0.05) is 13.8 Å². The summed E-state index contributed by atoms with van der Waals surface area (Å²) < 4.78 is 13.2. The van der Waals surface area contributed by atoms with Crippen molar-refractivity contribution in [3.8, 4) is 0 Å². The van der Waals surface area contributed by atoms with Crippen molar-refractivity contribution >= 4 is 22.5 Å². The predicted molar refractivity (Wildman–Crippen MR) is 74.0 cm³/mol. The Morgan fingerprint density at radius 1 is 1.20 bits per heavy atom. The van der Waals surface area contributed by atoms with Crippen molar-refractivity contribution in [3.63, 3.8) is 0 Å². The summed E-state index contributed by atoms with van der Waals surface area (Å²) in [5.74, 6) is -1.14. The van der Waals surface area contributed by atoms with Crippen LogP contribution < -0.4 is 0 Å². The van der Waals surface area contributed by atoms with Gasteiger partial charge in [-0.25, -0.2) is 4.39 Å². The molecule has 4 heteroatoms. The van der Waals surface area contributed by atoms with Gasteiger partial charge >= 0.3 is 0 Å². The minimum atomic E-state index is -0.706. The average Bonchev–Trinajstić information content (AvgIpc) is 2.69. The van der Waals surface area contributed by atoms with Gasteiger partial charge in [0.05, 0.1) is 0 Å². The highest BCUT2D eigenvalue weighted by Crippen LogP contribution is 2.39. The molecule has 3 rings (SSSR count). The van der Waals surface area contributed by atoms with Crippen LogP contribution in [0, 0.1) is 11.2 Å². The lowest BCUT2D eigenvalue weighted by Crippen LogP contribution is -2.35. The SMILES string of the molecule is CC1(C)CC(=O)C(c2c[nH]c3cc(F)ccc23)C(=O)C1. The number of halogens is 1. The van der Waals surface area contributed by atoms with Crippen molar-refractivity contribution in [2.75, 3.05) is 0 Å². The number of ketones is 2. The van der Waals surface area contributed by atoms with Gasteiger partial charge in [-0.05, 0) is 29.2 Å². The fourth-order valence-electron chi connectivity index (χ4n) is 3.10. The van der Waals surface area contributed by atoms with Crippen molar-refractivity contribution in [3.05, 3.63) is 35.8 Å². The molecule has 1 aromatic heterocycles. The van der Waals surface area contributed by atoms with E-state index in [2.05, 4.69) is 4.98 Å². The van der Waals surface area contributed by atoms with E-state index in [1.807, 2.05) is 13.8 Å². The van der Waals surface area contributed by atoms with Crippen LogP contribution in [0.5, 0.6) is 0 Å². The van der Waals surface area contributed by atoms with Crippen LogP contribution in [0.1, 0.15) is 38.2 Å². The van der Waals surface area contributed by atoms with Crippen LogP contribution in [0.4, 0.5) is 4.39 Å². The number of aromatic amines is 1. The van der Waals surface area contributed by atoms with Gasteiger partial charge < -0.3 is 4.98 Å². The number of carbonyl (C=O) groups is 2. The first-order valence-electron chi connectivity index (χ1n) is 6.69. The maximum Gasteiger partial charge on any atom is 0.148 e. The molecule has 1 aliphatic rings. The van der Waals surface area contributed by atoms with Crippen LogP contribution in [0.2, 0.25) is 0 Å². The van der Waals surface area contributed by atoms with Gasteiger partial charge in [0, 0.05) is 29.9 Å². The maximum atomic E-state index is 13.2. The number of nitrogens with one attached hydrogen (secondary N) is 1. The molecule has 0 aliphatic heterocycles. The second-order valence-electron chi connectivity index (χ2n) is 6.32. The molecule has 0 radical (unpaired) electrons. The molecule has 1 aliphatic carbocycles. The van der Waals surface area contributed by atoms with Crippen molar-refractivity contribution in [2.45, 2.75) is 32.6 Å². The van der Waals surface area contributed by atoms with Crippen molar-refractivity contribution in [1.82, 2.24) is 4.98 Å². The maximum absolute atomic E-state index is 13.2. The van der Waals surface area contributed by atoms with Gasteiger partial charge in [-0.15, -0.1) is 0 Å². The van der Waals surface area contributed by atoms with Crippen LogP contribution >= 0.6 is 0 Å². The summed E-state index contributed by atoms with van der Waals surface area (Å²) in [6.45, 7) is 3.87. The van der Waals surface area contributed by atoms with Crippen molar-refractivity contribution < 1.29 is 14.0 Å². The fourth-order valence-corrected chi connectivity index (χ4v) is 3.10. The van der Waals surface area contributed by atoms with E-state index in [-0.39, 0.29) is 22.8 Å². The van der Waals surface area contributed by atoms with E-state index in [4.69, 9.17) is 0 Å². The fraction of sp³-hybridized carbons (Fsp3) is 0.375. The van der Waals surface area contributed by atoms with Gasteiger partial charge in [-0.3, -0.25) is 9.59 Å². The van der Waals surface area contributed by atoms with E-state index in [9.17, 15) is 14.0 Å². The molecule has 0 unspecified atom stereocenters. The number of hydrogen-bond acceptors (Lipinski definition) is 2. The monoisotopic (exact) mass is 273 g/mol. The molecule has 20 heavy (non-hydrogen) atoms. The standard InChI is InChI=1S/C16H16FNO2/c1-16(2)6-13(19)15(14(20)7-16)11-8-18-12-5-9(17)3-4-10(11)12/h3-5,8,15,18H,6-7H2,1-2H3. The third-order valence-electron chi connectivity index (χ3n) is 3.94.